The van der Waals surface area contributed by atoms with Gasteiger partial charge in [0.15, 0.2) is 6.04 Å². The van der Waals surface area contributed by atoms with E-state index < -0.39 is 6.04 Å². The molecule has 27 heavy (non-hydrogen) atoms. The summed E-state index contributed by atoms with van der Waals surface area (Å²) in [6.07, 6.45) is 5.28. The number of rotatable bonds is 6. The zero-order chi connectivity index (χ0) is 18.6. The van der Waals surface area contributed by atoms with E-state index in [0.717, 1.165) is 36.3 Å². The van der Waals surface area contributed by atoms with Crippen LogP contribution < -0.4 is 5.32 Å². The molecule has 0 radical (unpaired) electrons. The third-order valence-corrected chi connectivity index (χ3v) is 4.83. The Morgan fingerprint density at radius 1 is 1.22 bits per heavy atom. The van der Waals surface area contributed by atoms with E-state index in [2.05, 4.69) is 30.8 Å². The number of hydrogen-bond acceptors (Lipinski definition) is 6. The molecule has 1 atom stereocenters. The lowest BCUT2D eigenvalue weighted by molar-refractivity contribution is -0.123. The van der Waals surface area contributed by atoms with Crippen molar-refractivity contribution in [1.82, 2.24) is 35.5 Å². The van der Waals surface area contributed by atoms with Crippen molar-refractivity contribution in [2.75, 3.05) is 6.54 Å². The zero-order valence-corrected chi connectivity index (χ0v) is 15.2. The second-order valence-electron chi connectivity index (χ2n) is 6.65. The molecule has 2 heterocycles. The Morgan fingerprint density at radius 3 is 2.85 bits per heavy atom. The highest BCUT2D eigenvalue weighted by atomic mass is 16.2. The number of aryl methyl sites for hydroxylation is 2. The van der Waals surface area contributed by atoms with Crippen LogP contribution in [0.25, 0.3) is 0 Å². The maximum atomic E-state index is 12.8. The van der Waals surface area contributed by atoms with Crippen LogP contribution in [0.2, 0.25) is 0 Å². The minimum Gasteiger partial charge on any atom is -0.353 e. The summed E-state index contributed by atoms with van der Waals surface area (Å²) in [4.78, 5) is 22.1. The van der Waals surface area contributed by atoms with Crippen LogP contribution in [-0.2, 0) is 24.1 Å². The van der Waals surface area contributed by atoms with E-state index in [9.17, 15) is 4.79 Å². The van der Waals surface area contributed by atoms with Crippen LogP contribution in [-0.4, -0.2) is 42.6 Å². The largest absolute Gasteiger partial charge is 0.353 e. The molecule has 0 spiro atoms. The molecule has 0 saturated heterocycles. The Labute approximate surface area is 157 Å². The monoisotopic (exact) mass is 363 g/mol. The molecule has 1 aromatic carbocycles. The second-order valence-corrected chi connectivity index (χ2v) is 6.65. The number of aromatic nitrogens is 6. The van der Waals surface area contributed by atoms with E-state index >= 15 is 0 Å². The molecule has 0 aliphatic heterocycles. The maximum Gasteiger partial charge on any atom is 0.249 e. The SMILES string of the molecule is Cc1nc(CCNC(=O)[C@@H](c2ccccc2)n2cnnn2)nc2c1CCC2. The van der Waals surface area contributed by atoms with Crippen molar-refractivity contribution in [2.45, 2.75) is 38.6 Å². The van der Waals surface area contributed by atoms with Gasteiger partial charge in [0.2, 0.25) is 5.91 Å². The van der Waals surface area contributed by atoms with Crippen molar-refractivity contribution < 1.29 is 4.79 Å². The highest BCUT2D eigenvalue weighted by molar-refractivity contribution is 5.83. The molecule has 2 aromatic heterocycles. The Hall–Kier alpha value is -3.16. The Balaban J connectivity index is 1.44. The quantitative estimate of drug-likeness (QED) is 0.707. The number of nitrogens with zero attached hydrogens (tertiary/aromatic N) is 6. The Kier molecular flexibility index (Phi) is 4.86. The van der Waals surface area contributed by atoms with Gasteiger partial charge in [0.1, 0.15) is 12.2 Å². The van der Waals surface area contributed by atoms with Gasteiger partial charge >= 0.3 is 0 Å². The summed E-state index contributed by atoms with van der Waals surface area (Å²) in [6.45, 7) is 2.50. The van der Waals surface area contributed by atoms with Crippen molar-refractivity contribution in [2.24, 2.45) is 0 Å². The lowest BCUT2D eigenvalue weighted by Gasteiger charge is -2.16. The van der Waals surface area contributed by atoms with Gasteiger partial charge in [-0.2, -0.15) is 0 Å². The Bertz CT molecular complexity index is 925. The lowest BCUT2D eigenvalue weighted by atomic mass is 10.1. The van der Waals surface area contributed by atoms with Crippen LogP contribution in [0, 0.1) is 6.92 Å². The van der Waals surface area contributed by atoms with Crippen LogP contribution in [0.3, 0.4) is 0 Å². The average Bonchev–Trinajstić information content (AvgIpc) is 3.35. The van der Waals surface area contributed by atoms with Gasteiger partial charge in [0.25, 0.3) is 0 Å². The fraction of sp³-hybridized carbons (Fsp3) is 0.368. The molecular formula is C19H21N7O. The van der Waals surface area contributed by atoms with Crippen LogP contribution in [0.4, 0.5) is 0 Å². The number of nitrogens with one attached hydrogen (secondary N) is 1. The predicted molar refractivity (Wildman–Crippen MR) is 97.9 cm³/mol. The number of carbonyl (C=O) groups excluding carboxylic acids is 1. The first kappa shape index (κ1) is 17.3. The molecule has 4 rings (SSSR count). The van der Waals surface area contributed by atoms with Crippen molar-refractivity contribution in [3.63, 3.8) is 0 Å². The molecule has 3 aromatic rings. The van der Waals surface area contributed by atoms with E-state index in [1.165, 1.54) is 22.3 Å². The standard InChI is InChI=1S/C19H21N7O/c1-13-15-8-5-9-16(15)23-17(22-13)10-11-20-19(27)18(26-12-21-24-25-26)14-6-3-2-4-7-14/h2-4,6-7,12,18H,5,8-11H2,1H3,(H,20,27)/t18-/m1/s1. The average molecular weight is 363 g/mol. The molecule has 0 saturated carbocycles. The number of tetrazole rings is 1. The topological polar surface area (TPSA) is 98.5 Å². The first-order chi connectivity index (χ1) is 13.2. The molecule has 138 valence electrons. The van der Waals surface area contributed by atoms with E-state index in [1.54, 1.807) is 0 Å². The molecule has 1 aliphatic rings. The lowest BCUT2D eigenvalue weighted by Crippen LogP contribution is -2.35. The third kappa shape index (κ3) is 3.69. The van der Waals surface area contributed by atoms with E-state index in [-0.39, 0.29) is 5.91 Å². The number of carbonyl (C=O) groups is 1. The van der Waals surface area contributed by atoms with Gasteiger partial charge in [-0.15, -0.1) is 5.10 Å². The molecule has 0 unspecified atom stereocenters. The van der Waals surface area contributed by atoms with E-state index in [1.807, 2.05) is 37.3 Å². The molecule has 0 fully saturated rings. The molecule has 1 N–H and O–H groups in total. The van der Waals surface area contributed by atoms with Crippen molar-refractivity contribution in [3.05, 3.63) is 65.0 Å². The van der Waals surface area contributed by atoms with Crippen LogP contribution in [0.5, 0.6) is 0 Å². The molecule has 1 amide bonds. The zero-order valence-electron chi connectivity index (χ0n) is 15.2. The van der Waals surface area contributed by atoms with Gasteiger partial charge in [-0.1, -0.05) is 30.3 Å². The summed E-state index contributed by atoms with van der Waals surface area (Å²) in [6, 6.07) is 8.86. The fourth-order valence-corrected chi connectivity index (χ4v) is 3.53. The number of hydrogen-bond donors (Lipinski definition) is 1. The Morgan fingerprint density at radius 2 is 2.07 bits per heavy atom. The van der Waals surface area contributed by atoms with Crippen molar-refractivity contribution >= 4 is 5.91 Å². The first-order valence-electron chi connectivity index (χ1n) is 9.13. The highest BCUT2D eigenvalue weighted by Gasteiger charge is 2.23. The molecule has 1 aliphatic carbocycles. The van der Waals surface area contributed by atoms with Crippen molar-refractivity contribution in [1.29, 1.82) is 0 Å². The summed E-state index contributed by atoms with van der Waals surface area (Å²) in [7, 11) is 0. The van der Waals surface area contributed by atoms with E-state index in [0.29, 0.717) is 13.0 Å². The van der Waals surface area contributed by atoms with Gasteiger partial charge in [0.05, 0.1) is 0 Å². The summed E-state index contributed by atoms with van der Waals surface area (Å²) in [5.41, 5.74) is 4.35. The smallest absolute Gasteiger partial charge is 0.249 e. The van der Waals surface area contributed by atoms with Gasteiger partial charge in [-0.3, -0.25) is 4.79 Å². The van der Waals surface area contributed by atoms with E-state index in [4.69, 9.17) is 0 Å². The number of fused-ring (bicyclic) bond motifs is 1. The molecular weight excluding hydrogens is 342 g/mol. The summed E-state index contributed by atoms with van der Waals surface area (Å²) >= 11 is 0. The number of amides is 1. The fourth-order valence-electron chi connectivity index (χ4n) is 3.53. The minimum atomic E-state index is -0.608. The van der Waals surface area contributed by atoms with Gasteiger partial charge in [-0.05, 0) is 47.7 Å². The molecule has 0 bridgehead atoms. The normalized spacial score (nSPS) is 14.0. The second kappa shape index (κ2) is 7.61. The van der Waals surface area contributed by atoms with Crippen LogP contribution in [0.15, 0.2) is 36.7 Å². The number of benzene rings is 1. The third-order valence-electron chi connectivity index (χ3n) is 4.83. The van der Waals surface area contributed by atoms with Crippen molar-refractivity contribution in [3.8, 4) is 0 Å². The van der Waals surface area contributed by atoms with Crippen LogP contribution >= 0.6 is 0 Å². The first-order valence-corrected chi connectivity index (χ1v) is 9.13. The molecule has 8 heteroatoms. The summed E-state index contributed by atoms with van der Waals surface area (Å²) in [5.74, 6) is 0.624. The summed E-state index contributed by atoms with van der Waals surface area (Å²) < 4.78 is 1.46. The highest BCUT2D eigenvalue weighted by Crippen LogP contribution is 2.22. The summed E-state index contributed by atoms with van der Waals surface area (Å²) in [5, 5.41) is 14.2. The van der Waals surface area contributed by atoms with Crippen LogP contribution in [0.1, 0.15) is 40.8 Å². The predicted octanol–water partition coefficient (Wildman–Crippen LogP) is 1.21. The maximum absolute atomic E-state index is 12.8. The van der Waals surface area contributed by atoms with Gasteiger partial charge < -0.3 is 5.32 Å². The minimum absolute atomic E-state index is 0.161. The van der Waals surface area contributed by atoms with Gasteiger partial charge in [-0.25, -0.2) is 14.6 Å². The molecule has 8 nitrogen and oxygen atoms in total. The van der Waals surface area contributed by atoms with Gasteiger partial charge in [0, 0.05) is 24.4 Å².